The van der Waals surface area contributed by atoms with Crippen LogP contribution in [-0.4, -0.2) is 55.6 Å². The van der Waals surface area contributed by atoms with Gasteiger partial charge >= 0.3 is 0 Å². The zero-order valence-electron chi connectivity index (χ0n) is 14.4. The number of carbonyl (C=O) groups is 1. The van der Waals surface area contributed by atoms with Crippen molar-refractivity contribution in [2.45, 2.75) is 20.3 Å². The Hall–Kier alpha value is -2.80. The number of carbonyl (C=O) groups excluding carboxylic acids is 1. The lowest BCUT2D eigenvalue weighted by Crippen LogP contribution is -2.34. The largest absolute Gasteiger partial charge is 0.395 e. The summed E-state index contributed by atoms with van der Waals surface area (Å²) in [6, 6.07) is 9.65. The number of nitrogens with zero attached hydrogens (tertiary/aromatic N) is 5. The molecule has 0 radical (unpaired) electrons. The lowest BCUT2D eigenvalue weighted by atomic mass is 10.2. The summed E-state index contributed by atoms with van der Waals surface area (Å²) in [5.41, 5.74) is 2.71. The molecule has 3 rings (SSSR count). The average Bonchev–Trinajstić information content (AvgIpc) is 3.02. The van der Waals surface area contributed by atoms with Gasteiger partial charge in [-0.15, -0.1) is 5.10 Å². The number of pyridine rings is 1. The van der Waals surface area contributed by atoms with Crippen LogP contribution in [0.3, 0.4) is 0 Å². The summed E-state index contributed by atoms with van der Waals surface area (Å²) in [4.78, 5) is 18.6. The van der Waals surface area contributed by atoms with E-state index in [1.807, 2.05) is 44.2 Å². The molecule has 0 aliphatic carbocycles. The average molecular weight is 339 g/mol. The van der Waals surface area contributed by atoms with Gasteiger partial charge in [0, 0.05) is 24.7 Å². The second-order valence-electron chi connectivity index (χ2n) is 5.83. The molecule has 0 aliphatic rings. The molecule has 0 fully saturated rings. The molecular formula is C18H21N5O2. The first-order valence-electron chi connectivity index (χ1n) is 8.33. The topological polar surface area (TPSA) is 84.1 Å². The Balaban J connectivity index is 1.95. The van der Waals surface area contributed by atoms with Crippen molar-refractivity contribution < 1.29 is 9.90 Å². The molecule has 0 saturated carbocycles. The first-order valence-corrected chi connectivity index (χ1v) is 8.33. The number of amides is 1. The molecule has 1 N–H and O–H groups in total. The number of aliphatic hydroxyl groups is 1. The van der Waals surface area contributed by atoms with Crippen LogP contribution in [0.1, 0.15) is 29.5 Å². The molecule has 3 aromatic rings. The molecular weight excluding hydrogens is 318 g/mol. The molecule has 2 heterocycles. The number of benzene rings is 1. The standard InChI is InChI=1S/C18H21N5O2/c1-3-9-22(10-11-24)18(25)17-13(2)23(21-20-17)15-6-7-16-14(12-15)5-4-8-19-16/h4-8,12,24H,3,9-11H2,1-2H3. The molecule has 0 spiro atoms. The van der Waals surface area contributed by atoms with Gasteiger partial charge in [-0.05, 0) is 37.6 Å². The Kier molecular flexibility index (Phi) is 5.04. The van der Waals surface area contributed by atoms with E-state index in [2.05, 4.69) is 15.3 Å². The molecule has 1 aromatic carbocycles. The third kappa shape index (κ3) is 3.36. The number of aliphatic hydroxyl groups excluding tert-OH is 1. The van der Waals surface area contributed by atoms with Crippen LogP contribution < -0.4 is 0 Å². The predicted octanol–water partition coefficient (Wildman–Crippen LogP) is 1.97. The number of fused-ring (bicyclic) bond motifs is 1. The fraction of sp³-hybridized carbons (Fsp3) is 0.333. The summed E-state index contributed by atoms with van der Waals surface area (Å²) in [5.74, 6) is -0.206. The minimum atomic E-state index is -0.206. The number of hydrogen-bond acceptors (Lipinski definition) is 5. The van der Waals surface area contributed by atoms with Crippen molar-refractivity contribution in [3.8, 4) is 5.69 Å². The highest BCUT2D eigenvalue weighted by Crippen LogP contribution is 2.19. The zero-order chi connectivity index (χ0) is 17.8. The first kappa shape index (κ1) is 17.0. The van der Waals surface area contributed by atoms with E-state index in [1.54, 1.807) is 15.8 Å². The summed E-state index contributed by atoms with van der Waals surface area (Å²) in [5, 5.41) is 18.4. The Bertz CT molecular complexity index is 884. The summed E-state index contributed by atoms with van der Waals surface area (Å²) in [6.07, 6.45) is 2.57. The van der Waals surface area contributed by atoms with Crippen LogP contribution in [0.5, 0.6) is 0 Å². The number of aromatic nitrogens is 4. The fourth-order valence-electron chi connectivity index (χ4n) is 2.82. The van der Waals surface area contributed by atoms with Gasteiger partial charge in [-0.1, -0.05) is 18.2 Å². The van der Waals surface area contributed by atoms with Gasteiger partial charge in [-0.25, -0.2) is 4.68 Å². The third-order valence-electron chi connectivity index (χ3n) is 4.08. The van der Waals surface area contributed by atoms with Crippen molar-refractivity contribution >= 4 is 16.8 Å². The monoisotopic (exact) mass is 339 g/mol. The van der Waals surface area contributed by atoms with E-state index in [-0.39, 0.29) is 12.5 Å². The predicted molar refractivity (Wildman–Crippen MR) is 94.7 cm³/mol. The van der Waals surface area contributed by atoms with Gasteiger partial charge in [0.2, 0.25) is 0 Å². The van der Waals surface area contributed by atoms with Crippen molar-refractivity contribution in [2.24, 2.45) is 0 Å². The second-order valence-corrected chi connectivity index (χ2v) is 5.83. The second kappa shape index (κ2) is 7.40. The quantitative estimate of drug-likeness (QED) is 0.742. The zero-order valence-corrected chi connectivity index (χ0v) is 14.4. The molecule has 0 atom stereocenters. The SMILES string of the molecule is CCCN(CCO)C(=O)c1nnn(-c2ccc3ncccc3c2)c1C. The minimum absolute atomic E-state index is 0.0728. The third-order valence-corrected chi connectivity index (χ3v) is 4.08. The van der Waals surface area contributed by atoms with Crippen LogP contribution in [0.4, 0.5) is 0 Å². The van der Waals surface area contributed by atoms with Gasteiger partial charge in [-0.3, -0.25) is 9.78 Å². The van der Waals surface area contributed by atoms with Crippen molar-refractivity contribution in [1.29, 1.82) is 0 Å². The van der Waals surface area contributed by atoms with Crippen molar-refractivity contribution in [3.63, 3.8) is 0 Å². The van der Waals surface area contributed by atoms with Crippen LogP contribution in [0, 0.1) is 6.92 Å². The Morgan fingerprint density at radius 1 is 1.28 bits per heavy atom. The van der Waals surface area contributed by atoms with Crippen LogP contribution in [0.25, 0.3) is 16.6 Å². The molecule has 2 aromatic heterocycles. The molecule has 7 nitrogen and oxygen atoms in total. The van der Waals surface area contributed by atoms with Gasteiger partial charge in [-0.2, -0.15) is 0 Å². The summed E-state index contributed by atoms with van der Waals surface area (Å²) in [6.45, 7) is 4.61. The van der Waals surface area contributed by atoms with E-state index in [1.165, 1.54) is 0 Å². The summed E-state index contributed by atoms with van der Waals surface area (Å²) in [7, 11) is 0. The van der Waals surface area contributed by atoms with Crippen molar-refractivity contribution in [2.75, 3.05) is 19.7 Å². The lowest BCUT2D eigenvalue weighted by molar-refractivity contribution is 0.0715. The maximum Gasteiger partial charge on any atom is 0.276 e. The fourth-order valence-corrected chi connectivity index (χ4v) is 2.82. The van der Waals surface area contributed by atoms with Crippen molar-refractivity contribution in [1.82, 2.24) is 24.9 Å². The van der Waals surface area contributed by atoms with E-state index in [9.17, 15) is 9.90 Å². The highest BCUT2D eigenvalue weighted by atomic mass is 16.3. The van der Waals surface area contributed by atoms with Crippen molar-refractivity contribution in [3.05, 3.63) is 47.9 Å². The van der Waals surface area contributed by atoms with E-state index in [0.29, 0.717) is 24.5 Å². The number of hydrogen-bond donors (Lipinski definition) is 1. The number of rotatable bonds is 6. The summed E-state index contributed by atoms with van der Waals surface area (Å²) >= 11 is 0. The Labute approximate surface area is 145 Å². The highest BCUT2D eigenvalue weighted by Gasteiger charge is 2.22. The molecule has 0 saturated heterocycles. The smallest absolute Gasteiger partial charge is 0.276 e. The Morgan fingerprint density at radius 3 is 2.88 bits per heavy atom. The van der Waals surface area contributed by atoms with Crippen LogP contribution >= 0.6 is 0 Å². The van der Waals surface area contributed by atoms with Gasteiger partial charge in [0.05, 0.1) is 23.5 Å². The van der Waals surface area contributed by atoms with Gasteiger partial charge in [0.25, 0.3) is 5.91 Å². The maximum atomic E-state index is 12.7. The molecule has 25 heavy (non-hydrogen) atoms. The van der Waals surface area contributed by atoms with Gasteiger partial charge in [0.15, 0.2) is 5.69 Å². The normalized spacial score (nSPS) is 11.0. The maximum absolute atomic E-state index is 12.7. The van der Waals surface area contributed by atoms with E-state index in [4.69, 9.17) is 0 Å². The molecule has 0 aliphatic heterocycles. The first-order chi connectivity index (χ1) is 12.2. The highest BCUT2D eigenvalue weighted by molar-refractivity contribution is 5.93. The van der Waals surface area contributed by atoms with Gasteiger partial charge < -0.3 is 10.0 Å². The van der Waals surface area contributed by atoms with E-state index in [0.717, 1.165) is 23.0 Å². The molecule has 0 unspecified atom stereocenters. The molecule has 1 amide bonds. The molecule has 130 valence electrons. The lowest BCUT2D eigenvalue weighted by Gasteiger charge is -2.20. The van der Waals surface area contributed by atoms with E-state index >= 15 is 0 Å². The van der Waals surface area contributed by atoms with Crippen LogP contribution in [-0.2, 0) is 0 Å². The van der Waals surface area contributed by atoms with Gasteiger partial charge in [0.1, 0.15) is 0 Å². The molecule has 0 bridgehead atoms. The van der Waals surface area contributed by atoms with E-state index < -0.39 is 0 Å². The Morgan fingerprint density at radius 2 is 2.12 bits per heavy atom. The van der Waals surface area contributed by atoms with Crippen LogP contribution in [0.2, 0.25) is 0 Å². The van der Waals surface area contributed by atoms with Crippen LogP contribution in [0.15, 0.2) is 36.5 Å². The minimum Gasteiger partial charge on any atom is -0.395 e. The molecule has 7 heteroatoms. The summed E-state index contributed by atoms with van der Waals surface area (Å²) < 4.78 is 1.66.